The number of benzene rings is 1. The highest BCUT2D eigenvalue weighted by molar-refractivity contribution is 5.53. The molecule has 0 fully saturated rings. The summed E-state index contributed by atoms with van der Waals surface area (Å²) < 4.78 is 16.3. The fourth-order valence-corrected chi connectivity index (χ4v) is 1.74. The van der Waals surface area contributed by atoms with Crippen LogP contribution >= 0.6 is 0 Å². The summed E-state index contributed by atoms with van der Waals surface area (Å²) in [6.45, 7) is 5.01. The zero-order valence-corrected chi connectivity index (χ0v) is 9.87. The van der Waals surface area contributed by atoms with Gasteiger partial charge in [-0.1, -0.05) is 0 Å². The Kier molecular flexibility index (Phi) is 2.68. The van der Waals surface area contributed by atoms with Crippen molar-refractivity contribution in [2.24, 2.45) is 5.73 Å². The highest BCUT2D eigenvalue weighted by Gasteiger charge is 2.24. The van der Waals surface area contributed by atoms with E-state index >= 15 is 0 Å². The summed E-state index contributed by atoms with van der Waals surface area (Å²) in [6, 6.07) is 3.73. The van der Waals surface area contributed by atoms with E-state index in [0.717, 1.165) is 22.8 Å². The van der Waals surface area contributed by atoms with E-state index in [1.54, 1.807) is 7.11 Å². The monoisotopic (exact) mass is 223 g/mol. The van der Waals surface area contributed by atoms with Crippen molar-refractivity contribution in [3.8, 4) is 17.2 Å². The molecule has 2 rings (SSSR count). The number of hydrogen-bond donors (Lipinski definition) is 1. The van der Waals surface area contributed by atoms with Gasteiger partial charge in [-0.15, -0.1) is 0 Å². The zero-order chi connectivity index (χ0) is 11.8. The lowest BCUT2D eigenvalue weighted by Gasteiger charge is -2.26. The fourth-order valence-electron chi connectivity index (χ4n) is 1.74. The number of hydrogen-bond acceptors (Lipinski definition) is 4. The van der Waals surface area contributed by atoms with E-state index in [9.17, 15) is 0 Å². The molecule has 1 aromatic rings. The molecule has 2 N–H and O–H groups in total. The molecule has 0 saturated carbocycles. The van der Waals surface area contributed by atoms with E-state index in [4.69, 9.17) is 19.9 Å². The first-order valence-electron chi connectivity index (χ1n) is 5.29. The Morgan fingerprint density at radius 3 is 2.25 bits per heavy atom. The second kappa shape index (κ2) is 3.87. The van der Waals surface area contributed by atoms with E-state index in [0.29, 0.717) is 13.2 Å². The van der Waals surface area contributed by atoms with Crippen LogP contribution in [0, 0.1) is 0 Å². The Morgan fingerprint density at radius 1 is 1.19 bits per heavy atom. The second-order valence-corrected chi connectivity index (χ2v) is 4.42. The number of fused-ring (bicyclic) bond motifs is 1. The standard InChI is InChI=1S/C12H17NO3/c1-12(2,13)8-6-10-11(7-9(8)14-3)16-5-4-15-10/h6-7H,4-5,13H2,1-3H3. The largest absolute Gasteiger partial charge is 0.496 e. The molecule has 0 unspecified atom stereocenters. The van der Waals surface area contributed by atoms with Gasteiger partial charge in [0.1, 0.15) is 19.0 Å². The van der Waals surface area contributed by atoms with Gasteiger partial charge in [0, 0.05) is 17.2 Å². The Labute approximate surface area is 95.3 Å². The van der Waals surface area contributed by atoms with Crippen molar-refractivity contribution in [1.82, 2.24) is 0 Å². The maximum absolute atomic E-state index is 6.09. The van der Waals surface area contributed by atoms with Gasteiger partial charge in [-0.3, -0.25) is 0 Å². The first-order valence-corrected chi connectivity index (χ1v) is 5.29. The Hall–Kier alpha value is -1.42. The number of nitrogens with two attached hydrogens (primary N) is 1. The highest BCUT2D eigenvalue weighted by atomic mass is 16.6. The number of methoxy groups -OCH3 is 1. The van der Waals surface area contributed by atoms with Crippen LogP contribution in [-0.2, 0) is 5.54 Å². The Morgan fingerprint density at radius 2 is 1.75 bits per heavy atom. The molecule has 0 atom stereocenters. The topological polar surface area (TPSA) is 53.7 Å². The van der Waals surface area contributed by atoms with Gasteiger partial charge in [0.25, 0.3) is 0 Å². The van der Waals surface area contributed by atoms with Crippen LogP contribution in [0.4, 0.5) is 0 Å². The lowest BCUT2D eigenvalue weighted by Crippen LogP contribution is -2.29. The molecule has 16 heavy (non-hydrogen) atoms. The van der Waals surface area contributed by atoms with Gasteiger partial charge in [0.2, 0.25) is 0 Å². The molecule has 0 bridgehead atoms. The molecule has 4 heteroatoms. The lowest BCUT2D eigenvalue weighted by atomic mass is 9.94. The van der Waals surface area contributed by atoms with Crippen LogP contribution in [0.5, 0.6) is 17.2 Å². The molecule has 88 valence electrons. The van der Waals surface area contributed by atoms with Gasteiger partial charge < -0.3 is 19.9 Å². The quantitative estimate of drug-likeness (QED) is 0.828. The molecule has 0 aliphatic carbocycles. The molecule has 0 aromatic heterocycles. The summed E-state index contributed by atoms with van der Waals surface area (Å²) in [6.07, 6.45) is 0. The minimum atomic E-state index is -0.471. The van der Waals surface area contributed by atoms with Crippen molar-refractivity contribution in [2.45, 2.75) is 19.4 Å². The summed E-state index contributed by atoms with van der Waals surface area (Å²) in [5.74, 6) is 2.19. The van der Waals surface area contributed by atoms with Crippen molar-refractivity contribution in [2.75, 3.05) is 20.3 Å². The fraction of sp³-hybridized carbons (Fsp3) is 0.500. The minimum Gasteiger partial charge on any atom is -0.496 e. The second-order valence-electron chi connectivity index (χ2n) is 4.42. The van der Waals surface area contributed by atoms with Gasteiger partial charge in [-0.25, -0.2) is 0 Å². The number of ether oxygens (including phenoxy) is 3. The van der Waals surface area contributed by atoms with Crippen LogP contribution in [-0.4, -0.2) is 20.3 Å². The molecule has 1 aliphatic heterocycles. The lowest BCUT2D eigenvalue weighted by molar-refractivity contribution is 0.170. The van der Waals surface area contributed by atoms with Gasteiger partial charge in [-0.05, 0) is 19.9 Å². The third kappa shape index (κ3) is 1.93. The summed E-state index contributed by atoms with van der Waals surface area (Å²) >= 11 is 0. The molecule has 1 aliphatic rings. The normalized spacial score (nSPS) is 14.8. The summed E-state index contributed by atoms with van der Waals surface area (Å²) in [5.41, 5.74) is 6.53. The van der Waals surface area contributed by atoms with Crippen molar-refractivity contribution in [1.29, 1.82) is 0 Å². The molecular formula is C12H17NO3. The highest BCUT2D eigenvalue weighted by Crippen LogP contribution is 2.39. The molecule has 1 heterocycles. The van der Waals surface area contributed by atoms with Crippen LogP contribution in [0.15, 0.2) is 12.1 Å². The molecule has 0 amide bonds. The summed E-state index contributed by atoms with van der Waals surface area (Å²) in [7, 11) is 1.63. The van der Waals surface area contributed by atoms with E-state index in [-0.39, 0.29) is 0 Å². The Balaban J connectivity index is 2.52. The summed E-state index contributed by atoms with van der Waals surface area (Å²) in [4.78, 5) is 0. The Bertz CT molecular complexity index is 396. The zero-order valence-electron chi connectivity index (χ0n) is 9.87. The number of rotatable bonds is 2. The van der Waals surface area contributed by atoms with Crippen LogP contribution in [0.25, 0.3) is 0 Å². The van der Waals surface area contributed by atoms with Gasteiger partial charge >= 0.3 is 0 Å². The maximum atomic E-state index is 6.09. The SMILES string of the molecule is COc1cc2c(cc1C(C)(C)N)OCCO2. The first-order chi connectivity index (χ1) is 7.52. The average Bonchev–Trinajstić information content (AvgIpc) is 2.26. The molecule has 4 nitrogen and oxygen atoms in total. The van der Waals surface area contributed by atoms with Crippen molar-refractivity contribution in [3.05, 3.63) is 17.7 Å². The predicted molar refractivity (Wildman–Crippen MR) is 61.2 cm³/mol. The van der Waals surface area contributed by atoms with Gasteiger partial charge in [0.15, 0.2) is 11.5 Å². The maximum Gasteiger partial charge on any atom is 0.165 e. The molecule has 1 aromatic carbocycles. The van der Waals surface area contributed by atoms with E-state index in [2.05, 4.69) is 0 Å². The van der Waals surface area contributed by atoms with Crippen LogP contribution in [0.3, 0.4) is 0 Å². The van der Waals surface area contributed by atoms with Crippen molar-refractivity contribution in [3.63, 3.8) is 0 Å². The molecular weight excluding hydrogens is 206 g/mol. The van der Waals surface area contributed by atoms with E-state index in [1.807, 2.05) is 26.0 Å². The smallest absolute Gasteiger partial charge is 0.165 e. The van der Waals surface area contributed by atoms with Gasteiger partial charge in [-0.2, -0.15) is 0 Å². The third-order valence-corrected chi connectivity index (χ3v) is 2.56. The van der Waals surface area contributed by atoms with E-state index in [1.165, 1.54) is 0 Å². The van der Waals surface area contributed by atoms with Gasteiger partial charge in [0.05, 0.1) is 7.11 Å². The summed E-state index contributed by atoms with van der Waals surface area (Å²) in [5, 5.41) is 0. The van der Waals surface area contributed by atoms with Crippen LogP contribution in [0.2, 0.25) is 0 Å². The molecule has 0 spiro atoms. The average molecular weight is 223 g/mol. The molecule has 0 radical (unpaired) electrons. The predicted octanol–water partition coefficient (Wildman–Crippen LogP) is 1.66. The van der Waals surface area contributed by atoms with Crippen molar-refractivity contribution < 1.29 is 14.2 Å². The van der Waals surface area contributed by atoms with Crippen molar-refractivity contribution >= 4 is 0 Å². The third-order valence-electron chi connectivity index (χ3n) is 2.56. The van der Waals surface area contributed by atoms with Crippen LogP contribution < -0.4 is 19.9 Å². The van der Waals surface area contributed by atoms with E-state index < -0.39 is 5.54 Å². The molecule has 0 saturated heterocycles. The minimum absolute atomic E-state index is 0.471. The first kappa shape index (κ1) is 11.1. The van der Waals surface area contributed by atoms with Crippen LogP contribution in [0.1, 0.15) is 19.4 Å².